The van der Waals surface area contributed by atoms with Gasteiger partial charge in [-0.05, 0) is 43.7 Å². The van der Waals surface area contributed by atoms with E-state index in [0.29, 0.717) is 22.6 Å². The number of hydrogen-bond donors (Lipinski definition) is 1. The molecule has 1 amide bonds. The number of esters is 1. The lowest BCUT2D eigenvalue weighted by Gasteiger charge is -2.12. The van der Waals surface area contributed by atoms with Crippen LogP contribution in [0.5, 0.6) is 11.5 Å². The molecule has 0 atom stereocenters. The largest absolute Gasteiger partial charge is 0.497 e. The highest BCUT2D eigenvalue weighted by Crippen LogP contribution is 2.32. The standard InChI is InChI=1S/C25H23N3O6S/c1-5-34-25(31)21-18-13-35-23(26-22(29)17-10-9-16(32-3)12-19(17)33-4)20(18)24(30)28(27-21)15-8-6-7-14(2)11-15/h6-13H,5H2,1-4H3,(H,26,29). The van der Waals surface area contributed by atoms with Crippen molar-refractivity contribution >= 4 is 39.0 Å². The Hall–Kier alpha value is -4.18. The first-order valence-electron chi connectivity index (χ1n) is 10.7. The Kier molecular flexibility index (Phi) is 6.83. The minimum absolute atomic E-state index is 0.0123. The van der Waals surface area contributed by atoms with Gasteiger partial charge in [0.05, 0.1) is 37.5 Å². The number of methoxy groups -OCH3 is 2. The van der Waals surface area contributed by atoms with Gasteiger partial charge in [0.15, 0.2) is 5.69 Å². The lowest BCUT2D eigenvalue weighted by atomic mass is 10.1. The predicted molar refractivity (Wildman–Crippen MR) is 133 cm³/mol. The van der Waals surface area contributed by atoms with E-state index in [1.807, 2.05) is 13.0 Å². The number of nitrogens with zero attached hydrogens (tertiary/aromatic N) is 2. The van der Waals surface area contributed by atoms with Crippen molar-refractivity contribution < 1.29 is 23.8 Å². The lowest BCUT2D eigenvalue weighted by Crippen LogP contribution is -2.25. The second-order valence-corrected chi connectivity index (χ2v) is 8.38. The number of thiophene rings is 1. The third-order valence-corrected chi connectivity index (χ3v) is 6.14. The van der Waals surface area contributed by atoms with Crippen molar-refractivity contribution in [2.75, 3.05) is 26.1 Å². The van der Waals surface area contributed by atoms with Crippen LogP contribution < -0.4 is 20.3 Å². The summed E-state index contributed by atoms with van der Waals surface area (Å²) < 4.78 is 16.8. The molecule has 0 spiro atoms. The van der Waals surface area contributed by atoms with Crippen LogP contribution in [0.1, 0.15) is 33.3 Å². The van der Waals surface area contributed by atoms with Crippen molar-refractivity contribution in [3.63, 3.8) is 0 Å². The van der Waals surface area contributed by atoms with Gasteiger partial charge in [0.2, 0.25) is 0 Å². The van der Waals surface area contributed by atoms with E-state index in [-0.39, 0.29) is 28.3 Å². The molecule has 0 radical (unpaired) electrons. The summed E-state index contributed by atoms with van der Waals surface area (Å²) in [6, 6.07) is 12.0. The van der Waals surface area contributed by atoms with Gasteiger partial charge in [-0.15, -0.1) is 11.3 Å². The number of fused-ring (bicyclic) bond motifs is 1. The van der Waals surface area contributed by atoms with Gasteiger partial charge in [0.1, 0.15) is 16.5 Å². The Morgan fingerprint density at radius 1 is 1.11 bits per heavy atom. The van der Waals surface area contributed by atoms with Crippen molar-refractivity contribution in [2.24, 2.45) is 0 Å². The molecule has 4 aromatic rings. The Morgan fingerprint density at radius 2 is 1.91 bits per heavy atom. The summed E-state index contributed by atoms with van der Waals surface area (Å²) in [5, 5.41) is 9.46. The zero-order chi connectivity index (χ0) is 25.1. The van der Waals surface area contributed by atoms with E-state index < -0.39 is 17.4 Å². The number of carbonyl (C=O) groups is 2. The minimum atomic E-state index is -0.661. The van der Waals surface area contributed by atoms with E-state index in [9.17, 15) is 14.4 Å². The number of rotatable bonds is 7. The van der Waals surface area contributed by atoms with Crippen LogP contribution in [0.25, 0.3) is 16.5 Å². The van der Waals surface area contributed by atoms with Gasteiger partial charge >= 0.3 is 5.97 Å². The number of hydrogen-bond acceptors (Lipinski definition) is 8. The summed E-state index contributed by atoms with van der Waals surface area (Å²) in [5.41, 5.74) is 1.18. The highest BCUT2D eigenvalue weighted by atomic mass is 32.1. The van der Waals surface area contributed by atoms with Crippen molar-refractivity contribution in [1.82, 2.24) is 9.78 Å². The number of benzene rings is 2. The topological polar surface area (TPSA) is 109 Å². The van der Waals surface area contributed by atoms with Crippen LogP contribution in [-0.2, 0) is 4.74 Å². The van der Waals surface area contributed by atoms with Gasteiger partial charge in [-0.25, -0.2) is 4.79 Å². The van der Waals surface area contributed by atoms with Crippen molar-refractivity contribution in [3.05, 3.63) is 75.0 Å². The highest BCUT2D eigenvalue weighted by Gasteiger charge is 2.24. The number of aromatic nitrogens is 2. The molecule has 0 saturated carbocycles. The van der Waals surface area contributed by atoms with Gasteiger partial charge in [0.25, 0.3) is 11.5 Å². The zero-order valence-electron chi connectivity index (χ0n) is 19.6. The van der Waals surface area contributed by atoms with Crippen molar-refractivity contribution in [2.45, 2.75) is 13.8 Å². The first-order valence-corrected chi connectivity index (χ1v) is 11.6. The first kappa shape index (κ1) is 24.0. The lowest BCUT2D eigenvalue weighted by molar-refractivity contribution is 0.0520. The van der Waals surface area contributed by atoms with Gasteiger partial charge in [-0.3, -0.25) is 9.59 Å². The smallest absolute Gasteiger partial charge is 0.359 e. The third-order valence-electron chi connectivity index (χ3n) is 5.25. The van der Waals surface area contributed by atoms with Gasteiger partial charge in [-0.1, -0.05) is 12.1 Å². The molecule has 9 nitrogen and oxygen atoms in total. The van der Waals surface area contributed by atoms with E-state index in [2.05, 4.69) is 10.4 Å². The van der Waals surface area contributed by atoms with Crippen LogP contribution in [0.4, 0.5) is 5.00 Å². The number of carbonyl (C=O) groups excluding carboxylic acids is 2. The molecule has 180 valence electrons. The van der Waals surface area contributed by atoms with Crippen molar-refractivity contribution in [1.29, 1.82) is 0 Å². The summed E-state index contributed by atoms with van der Waals surface area (Å²) in [7, 11) is 2.96. The normalized spacial score (nSPS) is 10.7. The molecule has 0 aliphatic rings. The Balaban J connectivity index is 1.86. The number of aryl methyl sites for hydroxylation is 1. The van der Waals surface area contributed by atoms with Crippen LogP contribution in [0, 0.1) is 6.92 Å². The van der Waals surface area contributed by atoms with E-state index in [1.54, 1.807) is 48.7 Å². The molecule has 2 aromatic carbocycles. The molecule has 0 saturated heterocycles. The fraction of sp³-hybridized carbons (Fsp3) is 0.200. The Labute approximate surface area is 204 Å². The Bertz CT molecular complexity index is 1490. The number of amides is 1. The summed E-state index contributed by atoms with van der Waals surface area (Å²) in [5.74, 6) is -0.296. The Morgan fingerprint density at radius 3 is 2.60 bits per heavy atom. The molecule has 0 fully saturated rings. The molecule has 2 aromatic heterocycles. The minimum Gasteiger partial charge on any atom is -0.497 e. The summed E-state index contributed by atoms with van der Waals surface area (Å²) in [6.07, 6.45) is 0. The van der Waals surface area contributed by atoms with E-state index >= 15 is 0 Å². The quantitative estimate of drug-likeness (QED) is 0.384. The summed E-state index contributed by atoms with van der Waals surface area (Å²) >= 11 is 1.12. The monoisotopic (exact) mass is 493 g/mol. The van der Waals surface area contributed by atoms with E-state index in [0.717, 1.165) is 21.6 Å². The van der Waals surface area contributed by atoms with Crippen LogP contribution in [0.15, 0.2) is 52.6 Å². The number of nitrogens with one attached hydrogen (secondary N) is 1. The molecule has 0 aliphatic heterocycles. The maximum absolute atomic E-state index is 13.5. The van der Waals surface area contributed by atoms with Gasteiger partial charge in [0, 0.05) is 16.8 Å². The molecule has 0 unspecified atom stereocenters. The predicted octanol–water partition coefficient (Wildman–Crippen LogP) is 4.20. The maximum atomic E-state index is 13.5. The highest BCUT2D eigenvalue weighted by molar-refractivity contribution is 7.16. The van der Waals surface area contributed by atoms with Crippen molar-refractivity contribution in [3.8, 4) is 17.2 Å². The first-order chi connectivity index (χ1) is 16.9. The second-order valence-electron chi connectivity index (χ2n) is 7.50. The average Bonchev–Trinajstić information content (AvgIpc) is 3.27. The molecule has 0 bridgehead atoms. The van der Waals surface area contributed by atoms with E-state index in [4.69, 9.17) is 14.2 Å². The van der Waals surface area contributed by atoms with Crippen LogP contribution in [0.3, 0.4) is 0 Å². The molecule has 4 rings (SSSR count). The zero-order valence-corrected chi connectivity index (χ0v) is 20.4. The van der Waals surface area contributed by atoms with Crippen LogP contribution in [0.2, 0.25) is 0 Å². The number of anilines is 1. The second kappa shape index (κ2) is 9.98. The molecular weight excluding hydrogens is 470 g/mol. The summed E-state index contributed by atoms with van der Waals surface area (Å²) in [4.78, 5) is 39.4. The maximum Gasteiger partial charge on any atom is 0.359 e. The van der Waals surface area contributed by atoms with Crippen LogP contribution >= 0.6 is 11.3 Å². The SMILES string of the molecule is CCOC(=O)c1nn(-c2cccc(C)c2)c(=O)c2c(NC(=O)c3ccc(OC)cc3OC)scc12. The molecule has 35 heavy (non-hydrogen) atoms. The third kappa shape index (κ3) is 4.60. The van der Waals surface area contributed by atoms with Crippen LogP contribution in [-0.4, -0.2) is 42.5 Å². The molecule has 2 heterocycles. The molecule has 0 aliphatic carbocycles. The van der Waals surface area contributed by atoms with Gasteiger partial charge in [-0.2, -0.15) is 9.78 Å². The molecular formula is C25H23N3O6S. The fourth-order valence-electron chi connectivity index (χ4n) is 3.58. The summed E-state index contributed by atoms with van der Waals surface area (Å²) in [6.45, 7) is 3.72. The number of ether oxygens (including phenoxy) is 3. The van der Waals surface area contributed by atoms with E-state index in [1.165, 1.54) is 14.2 Å². The van der Waals surface area contributed by atoms with Gasteiger partial charge < -0.3 is 19.5 Å². The molecule has 1 N–H and O–H groups in total. The average molecular weight is 494 g/mol. The molecule has 10 heteroatoms. The fourth-order valence-corrected chi connectivity index (χ4v) is 4.52.